The Hall–Kier alpha value is -0.650. The predicted octanol–water partition coefficient (Wildman–Crippen LogP) is 1.08. The van der Waals surface area contributed by atoms with E-state index < -0.39 is 11.8 Å². The molecule has 1 spiro atoms. The topological polar surface area (TPSA) is 59.0 Å². The number of carbonyl (C=O) groups is 1. The molecule has 0 aromatic carbocycles. The van der Waals surface area contributed by atoms with Gasteiger partial charge < -0.3 is 14.6 Å². The summed E-state index contributed by atoms with van der Waals surface area (Å²) < 4.78 is 11.4. The highest BCUT2D eigenvalue weighted by Gasteiger charge is 2.41. The summed E-state index contributed by atoms with van der Waals surface area (Å²) in [5.74, 6) is -1.13. The van der Waals surface area contributed by atoms with Crippen molar-refractivity contribution in [3.05, 3.63) is 0 Å². The molecule has 0 radical (unpaired) electrons. The van der Waals surface area contributed by atoms with Gasteiger partial charge in [0.1, 0.15) is 0 Å². The number of rotatable bonds is 4. The molecular weight excluding hydrogens is 222 g/mol. The third-order valence-electron chi connectivity index (χ3n) is 3.66. The summed E-state index contributed by atoms with van der Waals surface area (Å²) in [6, 6.07) is 0.274. The van der Waals surface area contributed by atoms with E-state index >= 15 is 0 Å². The maximum absolute atomic E-state index is 10.6. The van der Waals surface area contributed by atoms with Crippen molar-refractivity contribution >= 4 is 5.97 Å². The van der Waals surface area contributed by atoms with Crippen molar-refractivity contribution in [1.29, 1.82) is 0 Å². The van der Waals surface area contributed by atoms with Crippen LogP contribution in [-0.2, 0) is 14.3 Å². The van der Waals surface area contributed by atoms with E-state index in [1.807, 2.05) is 0 Å². The fourth-order valence-corrected chi connectivity index (χ4v) is 2.64. The highest BCUT2D eigenvalue weighted by Crippen LogP contribution is 2.31. The van der Waals surface area contributed by atoms with Gasteiger partial charge in [0.05, 0.1) is 19.8 Å². The van der Waals surface area contributed by atoms with Gasteiger partial charge in [-0.05, 0) is 26.3 Å². The second-order valence-corrected chi connectivity index (χ2v) is 4.96. The maximum atomic E-state index is 10.6. The van der Waals surface area contributed by atoms with Crippen molar-refractivity contribution in [1.82, 2.24) is 4.90 Å². The smallest absolute Gasteiger partial charge is 0.303 e. The minimum atomic E-state index is -0.725. The third-order valence-corrected chi connectivity index (χ3v) is 3.66. The number of carboxylic acids is 1. The van der Waals surface area contributed by atoms with Crippen molar-refractivity contribution in [3.63, 3.8) is 0 Å². The fraction of sp³-hybridized carbons (Fsp3) is 0.917. The van der Waals surface area contributed by atoms with Gasteiger partial charge in [0.25, 0.3) is 0 Å². The number of hydrogen-bond acceptors (Lipinski definition) is 4. The lowest BCUT2D eigenvalue weighted by molar-refractivity contribution is -0.193. The highest BCUT2D eigenvalue weighted by atomic mass is 16.7. The Labute approximate surface area is 102 Å². The molecule has 1 unspecified atom stereocenters. The second-order valence-electron chi connectivity index (χ2n) is 4.96. The second kappa shape index (κ2) is 5.33. The average molecular weight is 243 g/mol. The Morgan fingerprint density at radius 1 is 1.47 bits per heavy atom. The summed E-state index contributed by atoms with van der Waals surface area (Å²) in [4.78, 5) is 12.9. The van der Waals surface area contributed by atoms with Gasteiger partial charge in [-0.1, -0.05) is 0 Å². The Morgan fingerprint density at radius 3 is 2.82 bits per heavy atom. The molecule has 17 heavy (non-hydrogen) atoms. The number of likely N-dealkylation sites (tertiary alicyclic amines) is 1. The first-order chi connectivity index (χ1) is 8.11. The molecule has 0 aromatic rings. The van der Waals surface area contributed by atoms with Crippen molar-refractivity contribution in [2.24, 2.45) is 0 Å². The van der Waals surface area contributed by atoms with Crippen molar-refractivity contribution in [2.75, 3.05) is 26.3 Å². The molecule has 2 fully saturated rings. The molecule has 0 bridgehead atoms. The molecule has 98 valence electrons. The van der Waals surface area contributed by atoms with E-state index in [1.165, 1.54) is 0 Å². The zero-order valence-electron chi connectivity index (χ0n) is 10.4. The SMILES string of the molecule is CC(CCC(=O)O)N1CCCC2(C1)OCCO2. The van der Waals surface area contributed by atoms with E-state index in [2.05, 4.69) is 11.8 Å². The minimum absolute atomic E-state index is 0.229. The van der Waals surface area contributed by atoms with Crippen LogP contribution in [0.4, 0.5) is 0 Å². The molecule has 1 N–H and O–H groups in total. The molecule has 2 rings (SSSR count). The van der Waals surface area contributed by atoms with Gasteiger partial charge in [0, 0.05) is 18.9 Å². The lowest BCUT2D eigenvalue weighted by Gasteiger charge is -2.41. The van der Waals surface area contributed by atoms with Crippen molar-refractivity contribution in [2.45, 2.75) is 44.4 Å². The zero-order valence-corrected chi connectivity index (χ0v) is 10.4. The van der Waals surface area contributed by atoms with E-state index in [1.54, 1.807) is 0 Å². The highest BCUT2D eigenvalue weighted by molar-refractivity contribution is 5.66. The first-order valence-electron chi connectivity index (χ1n) is 6.35. The van der Waals surface area contributed by atoms with E-state index in [-0.39, 0.29) is 12.5 Å². The molecule has 2 aliphatic heterocycles. The average Bonchev–Trinajstić information content (AvgIpc) is 2.74. The van der Waals surface area contributed by atoms with Crippen LogP contribution in [0, 0.1) is 0 Å². The third kappa shape index (κ3) is 3.18. The molecule has 2 aliphatic rings. The Kier molecular flexibility index (Phi) is 4.01. The first kappa shape index (κ1) is 12.8. The largest absolute Gasteiger partial charge is 0.481 e. The van der Waals surface area contributed by atoms with Gasteiger partial charge in [-0.3, -0.25) is 9.69 Å². The number of ether oxygens (including phenoxy) is 2. The first-order valence-corrected chi connectivity index (χ1v) is 6.35. The summed E-state index contributed by atoms with van der Waals surface area (Å²) in [6.07, 6.45) is 2.92. The van der Waals surface area contributed by atoms with Gasteiger partial charge in [-0.2, -0.15) is 0 Å². The molecular formula is C12H21NO4. The minimum Gasteiger partial charge on any atom is -0.481 e. The van der Waals surface area contributed by atoms with Crippen LogP contribution in [0.15, 0.2) is 0 Å². The molecule has 1 atom stereocenters. The summed E-state index contributed by atoms with van der Waals surface area (Å²) >= 11 is 0. The van der Waals surface area contributed by atoms with E-state index in [0.717, 1.165) is 25.9 Å². The number of aliphatic carboxylic acids is 1. The Morgan fingerprint density at radius 2 is 2.18 bits per heavy atom. The summed E-state index contributed by atoms with van der Waals surface area (Å²) in [7, 11) is 0. The normalized spacial score (nSPS) is 26.2. The molecule has 0 aromatic heterocycles. The standard InChI is InChI=1S/C12H21NO4/c1-10(3-4-11(14)15)13-6-2-5-12(9-13)16-7-8-17-12/h10H,2-9H2,1H3,(H,14,15). The van der Waals surface area contributed by atoms with Gasteiger partial charge in [0.15, 0.2) is 5.79 Å². The van der Waals surface area contributed by atoms with Crippen LogP contribution in [0.5, 0.6) is 0 Å². The number of carboxylic acid groups (broad SMARTS) is 1. The quantitative estimate of drug-likeness (QED) is 0.800. The molecule has 0 saturated carbocycles. The predicted molar refractivity (Wildman–Crippen MR) is 61.8 cm³/mol. The van der Waals surface area contributed by atoms with Gasteiger partial charge in [0.2, 0.25) is 0 Å². The summed E-state index contributed by atoms with van der Waals surface area (Å²) in [5, 5.41) is 8.70. The summed E-state index contributed by atoms with van der Waals surface area (Å²) in [6.45, 7) is 5.22. The number of hydrogen-bond donors (Lipinski definition) is 1. The zero-order chi connectivity index (χ0) is 12.3. The summed E-state index contributed by atoms with van der Waals surface area (Å²) in [5.41, 5.74) is 0. The van der Waals surface area contributed by atoms with Crippen LogP contribution in [0.25, 0.3) is 0 Å². The van der Waals surface area contributed by atoms with Crippen LogP contribution in [-0.4, -0.2) is 54.1 Å². The van der Waals surface area contributed by atoms with Crippen LogP contribution >= 0.6 is 0 Å². The number of nitrogens with zero attached hydrogens (tertiary/aromatic N) is 1. The molecule has 5 heteroatoms. The van der Waals surface area contributed by atoms with Crippen LogP contribution < -0.4 is 0 Å². The van der Waals surface area contributed by atoms with Gasteiger partial charge >= 0.3 is 5.97 Å². The van der Waals surface area contributed by atoms with E-state index in [0.29, 0.717) is 19.6 Å². The molecule has 2 heterocycles. The van der Waals surface area contributed by atoms with E-state index in [4.69, 9.17) is 14.6 Å². The molecule has 2 saturated heterocycles. The molecule has 0 amide bonds. The lowest BCUT2D eigenvalue weighted by atomic mass is 10.0. The number of piperidine rings is 1. The monoisotopic (exact) mass is 243 g/mol. The molecule has 0 aliphatic carbocycles. The van der Waals surface area contributed by atoms with Gasteiger partial charge in [-0.25, -0.2) is 0 Å². The Balaban J connectivity index is 1.85. The van der Waals surface area contributed by atoms with Crippen molar-refractivity contribution < 1.29 is 19.4 Å². The lowest BCUT2D eigenvalue weighted by Crippen LogP contribution is -2.51. The molecule has 5 nitrogen and oxygen atoms in total. The van der Waals surface area contributed by atoms with Crippen molar-refractivity contribution in [3.8, 4) is 0 Å². The van der Waals surface area contributed by atoms with Crippen LogP contribution in [0.3, 0.4) is 0 Å². The van der Waals surface area contributed by atoms with Crippen LogP contribution in [0.1, 0.15) is 32.6 Å². The fourth-order valence-electron chi connectivity index (χ4n) is 2.64. The maximum Gasteiger partial charge on any atom is 0.303 e. The van der Waals surface area contributed by atoms with Gasteiger partial charge in [-0.15, -0.1) is 0 Å². The Bertz CT molecular complexity index is 276. The van der Waals surface area contributed by atoms with E-state index in [9.17, 15) is 4.79 Å². The van der Waals surface area contributed by atoms with Crippen LogP contribution in [0.2, 0.25) is 0 Å².